The van der Waals surface area contributed by atoms with E-state index in [1.165, 1.54) is 7.11 Å². The van der Waals surface area contributed by atoms with Crippen molar-refractivity contribution < 1.29 is 48.3 Å². The number of carbonyl (C=O) groups excluding carboxylic acids is 2. The van der Waals surface area contributed by atoms with Crippen molar-refractivity contribution in [2.75, 3.05) is 40.6 Å². The number of amides is 1. The van der Waals surface area contributed by atoms with Gasteiger partial charge >= 0.3 is 0 Å². The summed E-state index contributed by atoms with van der Waals surface area (Å²) < 4.78 is 32.3. The van der Waals surface area contributed by atoms with E-state index in [0.717, 1.165) is 73.1 Å². The Labute approximate surface area is 375 Å². The lowest BCUT2D eigenvalue weighted by molar-refractivity contribution is -0.252. The number of aldehydes is 1. The minimum absolute atomic E-state index is 0.0235. The molecule has 7 atom stereocenters. The summed E-state index contributed by atoms with van der Waals surface area (Å²) in [6, 6.07) is 23.9. The van der Waals surface area contributed by atoms with Crippen molar-refractivity contribution in [2.24, 2.45) is 22.9 Å². The highest BCUT2D eigenvalue weighted by Gasteiger charge is 2.65. The van der Waals surface area contributed by atoms with Crippen LogP contribution >= 0.6 is 0 Å². The first-order valence-electron chi connectivity index (χ1n) is 22.7. The first-order valence-corrected chi connectivity index (χ1v) is 22.7. The number of fused-ring (bicyclic) bond motifs is 3. The largest absolute Gasteiger partial charge is 0.496 e. The van der Waals surface area contributed by atoms with E-state index < -0.39 is 24.0 Å². The van der Waals surface area contributed by atoms with Gasteiger partial charge in [-0.2, -0.15) is 0 Å². The first-order chi connectivity index (χ1) is 31.3. The molecule has 2 aliphatic carbocycles. The number of likely N-dealkylation sites (N-methyl/N-ethyl adjacent to an activating group) is 1. The molecular formula is C52H60N2O10. The average Bonchev–Trinajstić information content (AvgIpc) is 3.33. The number of hydrogen-bond acceptors (Lipinski definition) is 11. The summed E-state index contributed by atoms with van der Waals surface area (Å²) in [6.07, 6.45) is 11.7. The summed E-state index contributed by atoms with van der Waals surface area (Å²) in [5.74, 6) is -0.207. The van der Waals surface area contributed by atoms with Gasteiger partial charge in [-0.05, 0) is 115 Å². The van der Waals surface area contributed by atoms with Gasteiger partial charge in [0.25, 0.3) is 5.91 Å². The molecule has 4 aromatic rings. The van der Waals surface area contributed by atoms with Crippen LogP contribution in [0.1, 0.15) is 96.4 Å². The van der Waals surface area contributed by atoms with Crippen LogP contribution in [0.15, 0.2) is 108 Å². The highest BCUT2D eigenvalue weighted by Crippen LogP contribution is 2.62. The number of oxime groups is 1. The zero-order chi connectivity index (χ0) is 44.6. The normalized spacial score (nSPS) is 25.3. The number of rotatable bonds is 19. The summed E-state index contributed by atoms with van der Waals surface area (Å²) in [7, 11) is 3.33. The molecule has 1 saturated carbocycles. The van der Waals surface area contributed by atoms with Crippen molar-refractivity contribution in [3.8, 4) is 23.0 Å². The lowest BCUT2D eigenvalue weighted by Crippen LogP contribution is -2.69. The van der Waals surface area contributed by atoms with Gasteiger partial charge in [0, 0.05) is 50.1 Å². The standard InChI is InChI=1S/C52H60N2O10/c1-4-26-61-52-47(54(2)51(58)37-19-18-34-13-5-6-14-35(34)28-37)32-44(53-64-48-17-9-12-27-60-48)42-30-36(15-7-10-24-55)41(16-8-11-25-56)49(50(42)52)43-31-40(21-23-46(43)63-52)62-39-20-22-45(59-3)38(29-39)33-57/h4-6,13-14,18-23,28-31,33,36,41,47-50,55-56H,1,7-12,15-17,24-27,32H2,2-3H3/t36-,41+,47-,48?,49+,50+,52+/m0/s1. The summed E-state index contributed by atoms with van der Waals surface area (Å²) in [5, 5.41) is 26.9. The van der Waals surface area contributed by atoms with E-state index >= 15 is 0 Å². The summed E-state index contributed by atoms with van der Waals surface area (Å²) in [4.78, 5) is 34.9. The number of aliphatic hydroxyl groups excluding tert-OH is 2. The maximum Gasteiger partial charge on any atom is 0.254 e. The molecule has 2 heterocycles. The quantitative estimate of drug-likeness (QED) is 0.0405. The fourth-order valence-corrected chi connectivity index (χ4v) is 10.4. The Morgan fingerprint density at radius 2 is 1.73 bits per heavy atom. The van der Waals surface area contributed by atoms with Crippen molar-refractivity contribution in [1.29, 1.82) is 0 Å². The maximum absolute atomic E-state index is 14.9. The van der Waals surface area contributed by atoms with E-state index in [4.69, 9.17) is 33.7 Å². The van der Waals surface area contributed by atoms with Crippen molar-refractivity contribution >= 4 is 28.7 Å². The number of allylic oxidation sites excluding steroid dienone is 1. The monoisotopic (exact) mass is 872 g/mol. The number of nitrogens with zero attached hydrogens (tertiary/aromatic N) is 2. The molecule has 0 radical (unpaired) electrons. The number of methoxy groups -OCH3 is 1. The molecule has 2 fully saturated rings. The Bertz CT molecular complexity index is 2360. The summed E-state index contributed by atoms with van der Waals surface area (Å²) in [5.41, 5.74) is 3.45. The maximum atomic E-state index is 14.9. The van der Waals surface area contributed by atoms with Crippen LogP contribution in [0.25, 0.3) is 10.8 Å². The number of ether oxygens (including phenoxy) is 5. The van der Waals surface area contributed by atoms with Gasteiger partial charge in [0.2, 0.25) is 12.1 Å². The van der Waals surface area contributed by atoms with Crippen molar-refractivity contribution in [1.82, 2.24) is 4.90 Å². The molecule has 0 bridgehead atoms. The Kier molecular flexibility index (Phi) is 14.5. The van der Waals surface area contributed by atoms with E-state index in [1.54, 1.807) is 29.2 Å². The molecule has 8 rings (SSSR count). The minimum Gasteiger partial charge on any atom is -0.496 e. The Hall–Kier alpha value is -5.53. The van der Waals surface area contributed by atoms with Crippen LogP contribution in [0.4, 0.5) is 0 Å². The third kappa shape index (κ3) is 9.19. The molecule has 64 heavy (non-hydrogen) atoms. The lowest BCUT2D eigenvalue weighted by atomic mass is 9.55. The molecule has 12 nitrogen and oxygen atoms in total. The highest BCUT2D eigenvalue weighted by molar-refractivity contribution is 6.04. The first kappa shape index (κ1) is 45.1. The van der Waals surface area contributed by atoms with E-state index in [2.05, 4.69) is 12.7 Å². The van der Waals surface area contributed by atoms with Crippen LogP contribution in [0.3, 0.4) is 0 Å². The molecule has 2 N–H and O–H groups in total. The fourth-order valence-electron chi connectivity index (χ4n) is 10.4. The molecule has 1 saturated heterocycles. The molecule has 1 amide bonds. The van der Waals surface area contributed by atoms with Gasteiger partial charge in [-0.25, -0.2) is 0 Å². The summed E-state index contributed by atoms with van der Waals surface area (Å²) >= 11 is 0. The predicted molar refractivity (Wildman–Crippen MR) is 244 cm³/mol. The Morgan fingerprint density at radius 3 is 2.48 bits per heavy atom. The molecule has 0 aromatic heterocycles. The minimum atomic E-state index is -1.41. The second kappa shape index (κ2) is 20.5. The molecule has 1 unspecified atom stereocenters. The van der Waals surface area contributed by atoms with Gasteiger partial charge < -0.3 is 43.6 Å². The van der Waals surface area contributed by atoms with Gasteiger partial charge in [-0.3, -0.25) is 9.59 Å². The van der Waals surface area contributed by atoms with Crippen LogP contribution in [-0.2, 0) is 14.3 Å². The number of hydrogen-bond donors (Lipinski definition) is 2. The number of carbonyl (C=O) groups is 2. The fraction of sp³-hybridized carbons (Fsp3) is 0.442. The Balaban J connectivity index is 1.30. The lowest BCUT2D eigenvalue weighted by Gasteiger charge is -2.59. The van der Waals surface area contributed by atoms with E-state index in [-0.39, 0.29) is 49.9 Å². The van der Waals surface area contributed by atoms with Gasteiger partial charge in [0.05, 0.1) is 37.5 Å². The average molecular weight is 873 g/mol. The highest BCUT2D eigenvalue weighted by atomic mass is 16.8. The smallest absolute Gasteiger partial charge is 0.254 e. The molecule has 4 aromatic carbocycles. The van der Waals surface area contributed by atoms with Crippen molar-refractivity contribution in [3.05, 3.63) is 120 Å². The molecule has 2 aliphatic heterocycles. The third-order valence-corrected chi connectivity index (χ3v) is 13.4. The second-order valence-electron chi connectivity index (χ2n) is 17.3. The van der Waals surface area contributed by atoms with E-state index in [9.17, 15) is 19.8 Å². The molecule has 0 spiro atoms. The molecular weight excluding hydrogens is 813 g/mol. The molecule has 4 aliphatic rings. The van der Waals surface area contributed by atoms with E-state index in [1.807, 2.05) is 67.7 Å². The zero-order valence-corrected chi connectivity index (χ0v) is 36.9. The van der Waals surface area contributed by atoms with Crippen LogP contribution in [0.2, 0.25) is 0 Å². The number of unbranched alkanes of at least 4 members (excludes halogenated alkanes) is 2. The van der Waals surface area contributed by atoms with Gasteiger partial charge in [-0.15, -0.1) is 6.58 Å². The third-order valence-electron chi connectivity index (χ3n) is 13.4. The van der Waals surface area contributed by atoms with Crippen LogP contribution in [0, 0.1) is 17.8 Å². The van der Waals surface area contributed by atoms with Crippen molar-refractivity contribution in [3.63, 3.8) is 0 Å². The van der Waals surface area contributed by atoms with Gasteiger partial charge in [0.1, 0.15) is 29.0 Å². The van der Waals surface area contributed by atoms with Crippen LogP contribution in [0.5, 0.6) is 23.0 Å². The molecule has 338 valence electrons. The predicted octanol–water partition coefficient (Wildman–Crippen LogP) is 9.39. The van der Waals surface area contributed by atoms with Gasteiger partial charge in [0.15, 0.2) is 6.29 Å². The number of benzene rings is 4. The van der Waals surface area contributed by atoms with Crippen LogP contribution in [-0.4, -0.2) is 91.7 Å². The van der Waals surface area contributed by atoms with Crippen LogP contribution < -0.4 is 14.2 Å². The SMILES string of the molecule is C=CCO[C@@]12Oc3ccc(Oc4ccc(OC)c(C=O)c4)cc3[C@H]3[C@H](CCCCO)[C@@H](CCCCO)C=C(C(=NOC4CCCCO4)C[C@@H]1N(C)C(=O)c1ccc4ccccc4c1)[C@H]32. The molecule has 12 heteroatoms. The Morgan fingerprint density at radius 1 is 0.953 bits per heavy atom. The van der Waals surface area contributed by atoms with E-state index in [0.29, 0.717) is 59.3 Å². The number of aliphatic hydroxyl groups is 2. The van der Waals surface area contributed by atoms with Crippen molar-refractivity contribution in [2.45, 2.75) is 88.2 Å². The van der Waals surface area contributed by atoms with Gasteiger partial charge in [-0.1, -0.05) is 60.5 Å². The zero-order valence-electron chi connectivity index (χ0n) is 36.9. The summed E-state index contributed by atoms with van der Waals surface area (Å²) in [6.45, 7) is 4.96. The topological polar surface area (TPSA) is 146 Å². The second-order valence-corrected chi connectivity index (χ2v) is 17.3.